The van der Waals surface area contributed by atoms with Crippen LogP contribution in [0.25, 0.3) is 0 Å². The molecule has 2 aliphatic heterocycles. The number of carbonyl (C=O) groups excluding carboxylic acids is 1. The fourth-order valence-corrected chi connectivity index (χ4v) is 5.89. The maximum atomic E-state index is 13.0. The third-order valence-electron chi connectivity index (χ3n) is 6.49. The number of aryl methyl sites for hydroxylation is 1. The molecule has 2 saturated heterocycles. The Labute approximate surface area is 168 Å². The number of amides is 1. The van der Waals surface area contributed by atoms with Crippen molar-refractivity contribution in [1.29, 1.82) is 0 Å². The minimum absolute atomic E-state index is 0.168. The van der Waals surface area contributed by atoms with Gasteiger partial charge >= 0.3 is 0 Å². The van der Waals surface area contributed by atoms with E-state index in [9.17, 15) is 13.2 Å². The highest BCUT2D eigenvalue weighted by Gasteiger charge is 2.53. The standard InChI is InChI=1S/C21H31N3O3S/c1-15(2)19-20(25)24(14-17-6-7-17)21(22-19)10-12-23(13-11-21)28(26,27)18-8-4-16(3)5-9-18/h4-5,8-9,15,17,19,22H,6-7,10-14H2,1-3H3/t19-/m0/s1. The predicted octanol–water partition coefficient (Wildman–Crippen LogP) is 2.34. The van der Waals surface area contributed by atoms with Gasteiger partial charge in [0.05, 0.1) is 16.6 Å². The Morgan fingerprint density at radius 2 is 1.75 bits per heavy atom. The van der Waals surface area contributed by atoms with Crippen LogP contribution in [0.3, 0.4) is 0 Å². The van der Waals surface area contributed by atoms with Gasteiger partial charge in [-0.3, -0.25) is 10.1 Å². The lowest BCUT2D eigenvalue weighted by molar-refractivity contribution is -0.134. The van der Waals surface area contributed by atoms with Crippen molar-refractivity contribution in [2.45, 2.75) is 63.1 Å². The molecule has 1 aliphatic carbocycles. The van der Waals surface area contributed by atoms with Gasteiger partial charge in [-0.05, 0) is 56.6 Å². The van der Waals surface area contributed by atoms with Gasteiger partial charge < -0.3 is 4.90 Å². The number of piperidine rings is 1. The number of sulfonamides is 1. The van der Waals surface area contributed by atoms with E-state index in [0.717, 1.165) is 12.1 Å². The van der Waals surface area contributed by atoms with Crippen molar-refractivity contribution in [3.05, 3.63) is 29.8 Å². The molecule has 28 heavy (non-hydrogen) atoms. The number of hydrogen-bond acceptors (Lipinski definition) is 4. The first kappa shape index (κ1) is 19.9. The highest BCUT2D eigenvalue weighted by molar-refractivity contribution is 7.89. The van der Waals surface area contributed by atoms with E-state index in [-0.39, 0.29) is 17.9 Å². The molecule has 2 heterocycles. The molecule has 0 bridgehead atoms. The van der Waals surface area contributed by atoms with Crippen LogP contribution in [0.1, 0.15) is 45.1 Å². The van der Waals surface area contributed by atoms with Crippen molar-refractivity contribution in [2.75, 3.05) is 19.6 Å². The fraction of sp³-hybridized carbons (Fsp3) is 0.667. The zero-order valence-corrected chi connectivity index (χ0v) is 17.8. The topological polar surface area (TPSA) is 69.7 Å². The highest BCUT2D eigenvalue weighted by Crippen LogP contribution is 2.39. The van der Waals surface area contributed by atoms with Crippen LogP contribution in [0, 0.1) is 18.8 Å². The molecule has 0 radical (unpaired) electrons. The van der Waals surface area contributed by atoms with Crippen LogP contribution in [0.15, 0.2) is 29.2 Å². The van der Waals surface area contributed by atoms with Crippen molar-refractivity contribution < 1.29 is 13.2 Å². The summed E-state index contributed by atoms with van der Waals surface area (Å²) in [6, 6.07) is 6.86. The molecule has 1 amide bonds. The molecule has 7 heteroatoms. The Bertz CT molecular complexity index is 838. The molecule has 0 unspecified atom stereocenters. The Morgan fingerprint density at radius 3 is 2.29 bits per heavy atom. The number of benzene rings is 1. The van der Waals surface area contributed by atoms with Crippen LogP contribution in [0.4, 0.5) is 0 Å². The van der Waals surface area contributed by atoms with Crippen LogP contribution in [-0.2, 0) is 14.8 Å². The molecule has 1 atom stereocenters. The second kappa shape index (κ2) is 7.11. The Hall–Kier alpha value is -1.44. The summed E-state index contributed by atoms with van der Waals surface area (Å²) in [5.41, 5.74) is 0.647. The van der Waals surface area contributed by atoms with Gasteiger partial charge in [-0.15, -0.1) is 0 Å². The van der Waals surface area contributed by atoms with E-state index >= 15 is 0 Å². The average molecular weight is 406 g/mol. The molecule has 0 aromatic heterocycles. The van der Waals surface area contributed by atoms with Gasteiger partial charge in [-0.1, -0.05) is 31.5 Å². The zero-order chi connectivity index (χ0) is 20.1. The highest BCUT2D eigenvalue weighted by atomic mass is 32.2. The van der Waals surface area contributed by atoms with Gasteiger partial charge in [0.15, 0.2) is 0 Å². The second-order valence-corrected chi connectivity index (χ2v) is 10.9. The van der Waals surface area contributed by atoms with E-state index in [0.29, 0.717) is 36.7 Å². The summed E-state index contributed by atoms with van der Waals surface area (Å²) in [6.07, 6.45) is 3.67. The normalized spacial score (nSPS) is 25.8. The van der Waals surface area contributed by atoms with Crippen molar-refractivity contribution >= 4 is 15.9 Å². The lowest BCUT2D eigenvalue weighted by Crippen LogP contribution is -2.60. The van der Waals surface area contributed by atoms with Gasteiger partial charge in [-0.25, -0.2) is 8.42 Å². The number of nitrogens with zero attached hydrogens (tertiary/aromatic N) is 2. The number of rotatable bonds is 5. The Balaban J connectivity index is 1.52. The van der Waals surface area contributed by atoms with Crippen molar-refractivity contribution in [3.63, 3.8) is 0 Å². The molecular formula is C21H31N3O3S. The SMILES string of the molecule is Cc1ccc(S(=O)(=O)N2CCC3(CC2)N[C@@H](C(C)C)C(=O)N3CC2CC2)cc1. The van der Waals surface area contributed by atoms with E-state index in [2.05, 4.69) is 19.2 Å². The second-order valence-electron chi connectivity index (χ2n) is 9.01. The minimum atomic E-state index is -3.49. The molecular weight excluding hydrogens is 374 g/mol. The minimum Gasteiger partial charge on any atom is -0.323 e. The monoisotopic (exact) mass is 405 g/mol. The van der Waals surface area contributed by atoms with E-state index < -0.39 is 15.7 Å². The quantitative estimate of drug-likeness (QED) is 0.816. The molecule has 4 rings (SSSR count). The first-order valence-electron chi connectivity index (χ1n) is 10.4. The fourth-order valence-electron chi connectivity index (χ4n) is 4.45. The zero-order valence-electron chi connectivity index (χ0n) is 17.0. The van der Waals surface area contributed by atoms with Gasteiger partial charge in [0.2, 0.25) is 15.9 Å². The molecule has 6 nitrogen and oxygen atoms in total. The largest absolute Gasteiger partial charge is 0.323 e. The molecule has 3 aliphatic rings. The third-order valence-corrected chi connectivity index (χ3v) is 8.40. The molecule has 1 saturated carbocycles. The molecule has 3 fully saturated rings. The van der Waals surface area contributed by atoms with E-state index in [1.807, 2.05) is 24.0 Å². The maximum Gasteiger partial charge on any atom is 0.243 e. The number of hydrogen-bond donors (Lipinski definition) is 1. The molecule has 1 aromatic carbocycles. The molecule has 1 aromatic rings. The Morgan fingerprint density at radius 1 is 1.14 bits per heavy atom. The summed E-state index contributed by atoms with van der Waals surface area (Å²) in [5, 5.41) is 3.61. The van der Waals surface area contributed by atoms with Crippen LogP contribution in [0.5, 0.6) is 0 Å². The van der Waals surface area contributed by atoms with Crippen LogP contribution in [-0.4, -0.2) is 54.9 Å². The number of carbonyl (C=O) groups is 1. The summed E-state index contributed by atoms with van der Waals surface area (Å²) >= 11 is 0. The predicted molar refractivity (Wildman–Crippen MR) is 108 cm³/mol. The lowest BCUT2D eigenvalue weighted by Gasteiger charge is -2.44. The van der Waals surface area contributed by atoms with Crippen LogP contribution >= 0.6 is 0 Å². The van der Waals surface area contributed by atoms with E-state index in [1.54, 1.807) is 16.4 Å². The van der Waals surface area contributed by atoms with Crippen molar-refractivity contribution in [2.24, 2.45) is 11.8 Å². The summed E-state index contributed by atoms with van der Waals surface area (Å²) < 4.78 is 27.6. The van der Waals surface area contributed by atoms with Crippen molar-refractivity contribution in [1.82, 2.24) is 14.5 Å². The summed E-state index contributed by atoms with van der Waals surface area (Å²) in [4.78, 5) is 15.4. The Kier molecular flexibility index (Phi) is 5.04. The van der Waals surface area contributed by atoms with Gasteiger partial charge in [0.1, 0.15) is 0 Å². The maximum absolute atomic E-state index is 13.0. The average Bonchev–Trinajstić information content (AvgIpc) is 3.44. The van der Waals surface area contributed by atoms with Crippen LogP contribution < -0.4 is 5.32 Å². The summed E-state index contributed by atoms with van der Waals surface area (Å²) in [7, 11) is -3.49. The lowest BCUT2D eigenvalue weighted by atomic mass is 9.96. The summed E-state index contributed by atoms with van der Waals surface area (Å²) in [6.45, 7) is 7.76. The third kappa shape index (κ3) is 3.48. The molecule has 1 N–H and O–H groups in total. The van der Waals surface area contributed by atoms with Gasteiger partial charge in [0, 0.05) is 19.6 Å². The first-order chi connectivity index (χ1) is 13.2. The summed E-state index contributed by atoms with van der Waals surface area (Å²) in [5.74, 6) is 1.03. The van der Waals surface area contributed by atoms with Crippen LogP contribution in [0.2, 0.25) is 0 Å². The van der Waals surface area contributed by atoms with Gasteiger partial charge in [0.25, 0.3) is 0 Å². The molecule has 154 valence electrons. The first-order valence-corrected chi connectivity index (χ1v) is 11.8. The van der Waals surface area contributed by atoms with Crippen molar-refractivity contribution in [3.8, 4) is 0 Å². The van der Waals surface area contributed by atoms with E-state index in [4.69, 9.17) is 0 Å². The molecule has 1 spiro atoms. The smallest absolute Gasteiger partial charge is 0.243 e. The van der Waals surface area contributed by atoms with Gasteiger partial charge in [-0.2, -0.15) is 4.31 Å². The number of nitrogens with one attached hydrogen (secondary N) is 1. The van der Waals surface area contributed by atoms with E-state index in [1.165, 1.54) is 12.8 Å².